The molecule has 0 fully saturated rings. The van der Waals surface area contributed by atoms with Gasteiger partial charge in [0.1, 0.15) is 0 Å². The number of hydrogen-bond donors (Lipinski definition) is 1. The molecule has 13 heavy (non-hydrogen) atoms. The van der Waals surface area contributed by atoms with Gasteiger partial charge in [0, 0.05) is 23.0 Å². The van der Waals surface area contributed by atoms with Gasteiger partial charge in [-0.15, -0.1) is 0 Å². The second kappa shape index (κ2) is 3.27. The van der Waals surface area contributed by atoms with Crippen LogP contribution in [0.5, 0.6) is 0 Å². The Morgan fingerprint density at radius 3 is 2.62 bits per heavy atom. The molecule has 64 valence electrons. The number of nitrogens with one attached hydrogen (secondary N) is 1. The molecule has 0 bridgehead atoms. The predicted octanol–water partition coefficient (Wildman–Crippen LogP) is 2.49. The lowest BCUT2D eigenvalue weighted by molar-refractivity contribution is 0.112. The van der Waals surface area contributed by atoms with Crippen LogP contribution < -0.4 is 0 Å². The Morgan fingerprint density at radius 1 is 1.08 bits per heavy atom. The van der Waals surface area contributed by atoms with E-state index in [1.165, 1.54) is 0 Å². The van der Waals surface area contributed by atoms with E-state index in [0.29, 0.717) is 5.56 Å². The number of carbonyl (C=O) groups excluding carboxylic acids is 1. The van der Waals surface area contributed by atoms with Crippen molar-refractivity contribution in [3.8, 4) is 11.3 Å². The third-order valence-electron chi connectivity index (χ3n) is 1.98. The van der Waals surface area contributed by atoms with Crippen molar-refractivity contribution in [2.75, 3.05) is 0 Å². The molecule has 0 unspecified atom stereocenters. The van der Waals surface area contributed by atoms with Crippen LogP contribution in [0, 0.1) is 0 Å². The Balaban J connectivity index is 2.57. The molecule has 2 rings (SSSR count). The fourth-order valence-electron chi connectivity index (χ4n) is 1.34. The summed E-state index contributed by atoms with van der Waals surface area (Å²) >= 11 is 0. The van der Waals surface area contributed by atoms with Gasteiger partial charge in [0.2, 0.25) is 0 Å². The van der Waals surface area contributed by atoms with Crippen molar-refractivity contribution in [1.82, 2.24) is 4.98 Å². The summed E-state index contributed by atoms with van der Waals surface area (Å²) in [7, 11) is 0. The number of aldehydes is 1. The standard InChI is InChI=1S/C11H9NO/c13-8-9-4-1-2-5-10(9)11-6-3-7-12-11/h1-8,12H. The van der Waals surface area contributed by atoms with Crippen LogP contribution in [0.15, 0.2) is 42.6 Å². The number of H-pyrrole nitrogens is 1. The fourth-order valence-corrected chi connectivity index (χ4v) is 1.34. The molecule has 0 saturated heterocycles. The summed E-state index contributed by atoms with van der Waals surface area (Å²) in [5.74, 6) is 0. The third-order valence-corrected chi connectivity index (χ3v) is 1.98. The van der Waals surface area contributed by atoms with Gasteiger partial charge < -0.3 is 4.98 Å². The normalized spacial score (nSPS) is 9.85. The number of hydrogen-bond acceptors (Lipinski definition) is 1. The average Bonchev–Trinajstić information content (AvgIpc) is 2.70. The van der Waals surface area contributed by atoms with E-state index in [-0.39, 0.29) is 0 Å². The molecule has 1 N–H and O–H groups in total. The van der Waals surface area contributed by atoms with Crippen LogP contribution in [0.2, 0.25) is 0 Å². The van der Waals surface area contributed by atoms with E-state index in [4.69, 9.17) is 0 Å². The van der Waals surface area contributed by atoms with Crippen LogP contribution in [-0.4, -0.2) is 11.3 Å². The van der Waals surface area contributed by atoms with Crippen LogP contribution in [-0.2, 0) is 0 Å². The number of rotatable bonds is 2. The summed E-state index contributed by atoms with van der Waals surface area (Å²) < 4.78 is 0. The lowest BCUT2D eigenvalue weighted by atomic mass is 10.1. The van der Waals surface area contributed by atoms with Gasteiger partial charge in [-0.2, -0.15) is 0 Å². The first kappa shape index (κ1) is 7.80. The van der Waals surface area contributed by atoms with Crippen LogP contribution in [0.1, 0.15) is 10.4 Å². The van der Waals surface area contributed by atoms with Crippen LogP contribution in [0.25, 0.3) is 11.3 Å². The van der Waals surface area contributed by atoms with Crippen molar-refractivity contribution >= 4 is 6.29 Å². The predicted molar refractivity (Wildman–Crippen MR) is 51.6 cm³/mol. The molecule has 1 aromatic carbocycles. The molecule has 2 nitrogen and oxygen atoms in total. The Kier molecular flexibility index (Phi) is 1.96. The smallest absolute Gasteiger partial charge is 0.150 e. The highest BCUT2D eigenvalue weighted by Gasteiger charge is 2.02. The van der Waals surface area contributed by atoms with Gasteiger partial charge in [-0.3, -0.25) is 4.79 Å². The molecule has 0 aliphatic heterocycles. The van der Waals surface area contributed by atoms with Crippen molar-refractivity contribution in [3.05, 3.63) is 48.2 Å². The number of aromatic nitrogens is 1. The van der Waals surface area contributed by atoms with Crippen LogP contribution in [0.4, 0.5) is 0 Å². The topological polar surface area (TPSA) is 32.9 Å². The number of benzene rings is 1. The largest absolute Gasteiger partial charge is 0.361 e. The monoisotopic (exact) mass is 171 g/mol. The summed E-state index contributed by atoms with van der Waals surface area (Å²) in [6.07, 6.45) is 2.72. The average molecular weight is 171 g/mol. The molecule has 1 aromatic heterocycles. The van der Waals surface area contributed by atoms with Crippen molar-refractivity contribution in [3.63, 3.8) is 0 Å². The second-order valence-electron chi connectivity index (χ2n) is 2.79. The highest BCUT2D eigenvalue weighted by atomic mass is 16.1. The van der Waals surface area contributed by atoms with Crippen molar-refractivity contribution < 1.29 is 4.79 Å². The van der Waals surface area contributed by atoms with E-state index in [0.717, 1.165) is 17.5 Å². The summed E-state index contributed by atoms with van der Waals surface area (Å²) in [6, 6.07) is 11.4. The van der Waals surface area contributed by atoms with Crippen LogP contribution in [0.3, 0.4) is 0 Å². The van der Waals surface area contributed by atoms with Gasteiger partial charge in [0.25, 0.3) is 0 Å². The van der Waals surface area contributed by atoms with E-state index in [2.05, 4.69) is 4.98 Å². The first-order chi connectivity index (χ1) is 6.42. The Hall–Kier alpha value is -1.83. The first-order valence-corrected chi connectivity index (χ1v) is 4.10. The molecule has 0 amide bonds. The van der Waals surface area contributed by atoms with E-state index >= 15 is 0 Å². The zero-order chi connectivity index (χ0) is 9.10. The Labute approximate surface area is 76.2 Å². The molecule has 0 spiro atoms. The molecule has 1 heterocycles. The van der Waals surface area contributed by atoms with E-state index in [1.54, 1.807) is 0 Å². The van der Waals surface area contributed by atoms with Crippen molar-refractivity contribution in [2.45, 2.75) is 0 Å². The summed E-state index contributed by atoms with van der Waals surface area (Å²) in [6.45, 7) is 0. The van der Waals surface area contributed by atoms with Gasteiger partial charge in [0.15, 0.2) is 6.29 Å². The van der Waals surface area contributed by atoms with Gasteiger partial charge >= 0.3 is 0 Å². The minimum Gasteiger partial charge on any atom is -0.361 e. The molecular weight excluding hydrogens is 162 g/mol. The maximum Gasteiger partial charge on any atom is 0.150 e. The molecular formula is C11H9NO. The molecule has 0 atom stereocenters. The molecule has 0 saturated carbocycles. The van der Waals surface area contributed by atoms with E-state index in [9.17, 15) is 4.79 Å². The van der Waals surface area contributed by atoms with Crippen LogP contribution >= 0.6 is 0 Å². The van der Waals surface area contributed by atoms with E-state index in [1.807, 2.05) is 42.6 Å². The lowest BCUT2D eigenvalue weighted by Gasteiger charge is -2.00. The highest BCUT2D eigenvalue weighted by Crippen LogP contribution is 2.19. The SMILES string of the molecule is O=Cc1ccccc1-c1ccc[nH]1. The maximum absolute atomic E-state index is 10.7. The second-order valence-corrected chi connectivity index (χ2v) is 2.79. The quantitative estimate of drug-likeness (QED) is 0.692. The minimum atomic E-state index is 0.713. The summed E-state index contributed by atoms with van der Waals surface area (Å²) in [4.78, 5) is 13.8. The fraction of sp³-hybridized carbons (Fsp3) is 0. The van der Waals surface area contributed by atoms with Gasteiger partial charge in [-0.05, 0) is 12.1 Å². The summed E-state index contributed by atoms with van der Waals surface area (Å²) in [5, 5.41) is 0. The number of carbonyl (C=O) groups is 1. The Bertz CT molecular complexity index is 404. The molecule has 0 aliphatic carbocycles. The zero-order valence-corrected chi connectivity index (χ0v) is 7.03. The molecule has 2 aromatic rings. The Morgan fingerprint density at radius 2 is 1.92 bits per heavy atom. The van der Waals surface area contributed by atoms with Gasteiger partial charge in [-0.25, -0.2) is 0 Å². The molecule has 0 aliphatic rings. The van der Waals surface area contributed by atoms with Gasteiger partial charge in [0.05, 0.1) is 0 Å². The summed E-state index contributed by atoms with van der Waals surface area (Å²) in [5.41, 5.74) is 2.63. The highest BCUT2D eigenvalue weighted by molar-refractivity contribution is 5.86. The van der Waals surface area contributed by atoms with Crippen molar-refractivity contribution in [1.29, 1.82) is 0 Å². The van der Waals surface area contributed by atoms with E-state index < -0.39 is 0 Å². The minimum absolute atomic E-state index is 0.713. The number of aromatic amines is 1. The molecule has 0 radical (unpaired) electrons. The maximum atomic E-state index is 10.7. The van der Waals surface area contributed by atoms with Crippen molar-refractivity contribution in [2.24, 2.45) is 0 Å². The van der Waals surface area contributed by atoms with Gasteiger partial charge in [-0.1, -0.05) is 24.3 Å². The third kappa shape index (κ3) is 1.38. The first-order valence-electron chi connectivity index (χ1n) is 4.10. The zero-order valence-electron chi connectivity index (χ0n) is 7.03. The molecule has 2 heteroatoms. The lowest BCUT2D eigenvalue weighted by Crippen LogP contribution is -1.85.